The quantitative estimate of drug-likeness (QED) is 0.739. The van der Waals surface area contributed by atoms with Crippen LogP contribution < -0.4 is 5.32 Å². The van der Waals surface area contributed by atoms with Crippen LogP contribution in [0.1, 0.15) is 35.7 Å². The highest BCUT2D eigenvalue weighted by atomic mass is 16.1. The van der Waals surface area contributed by atoms with Crippen LogP contribution in [0.2, 0.25) is 0 Å². The van der Waals surface area contributed by atoms with Gasteiger partial charge in [0.15, 0.2) is 0 Å². The van der Waals surface area contributed by atoms with E-state index in [2.05, 4.69) is 40.2 Å². The molecule has 0 fully saturated rings. The zero-order valence-corrected chi connectivity index (χ0v) is 15.0. The number of nitrogens with one attached hydrogen (secondary N) is 1. The largest absolute Gasteiger partial charge is 0.351 e. The Bertz CT molecular complexity index is 850. The molecule has 1 atom stereocenters. The van der Waals surface area contributed by atoms with Gasteiger partial charge < -0.3 is 5.32 Å². The molecule has 0 aliphatic carbocycles. The fourth-order valence-corrected chi connectivity index (χ4v) is 3.00. The summed E-state index contributed by atoms with van der Waals surface area (Å²) in [6.07, 6.45) is 8.54. The van der Waals surface area contributed by atoms with Gasteiger partial charge in [0.05, 0.1) is 0 Å². The first-order valence-corrected chi connectivity index (χ1v) is 8.69. The topological polar surface area (TPSA) is 67.8 Å². The summed E-state index contributed by atoms with van der Waals surface area (Å²) >= 11 is 0. The second-order valence-corrected chi connectivity index (χ2v) is 6.52. The lowest BCUT2D eigenvalue weighted by Gasteiger charge is -2.22. The molecule has 5 nitrogen and oxygen atoms in total. The van der Waals surface area contributed by atoms with Gasteiger partial charge in [-0.05, 0) is 29.2 Å². The lowest BCUT2D eigenvalue weighted by atomic mass is 9.89. The second kappa shape index (κ2) is 8.34. The third-order valence-corrected chi connectivity index (χ3v) is 4.44. The highest BCUT2D eigenvalue weighted by Crippen LogP contribution is 2.24. The van der Waals surface area contributed by atoms with Crippen LogP contribution in [-0.2, 0) is 0 Å². The van der Waals surface area contributed by atoms with Crippen molar-refractivity contribution in [2.24, 2.45) is 5.92 Å². The number of nitrogens with zero attached hydrogens (tertiary/aromatic N) is 3. The summed E-state index contributed by atoms with van der Waals surface area (Å²) in [5.41, 5.74) is 3.41. The highest BCUT2D eigenvalue weighted by molar-refractivity contribution is 6.00. The SMILES string of the molecule is CC(C)[C@@H](CNC(=O)c1ccccc1-c1cncnc1)c1cccnc1. The minimum Gasteiger partial charge on any atom is -0.351 e. The summed E-state index contributed by atoms with van der Waals surface area (Å²) < 4.78 is 0. The first-order valence-electron chi connectivity index (χ1n) is 8.69. The number of carbonyl (C=O) groups is 1. The Morgan fingerprint density at radius 3 is 2.46 bits per heavy atom. The molecule has 5 heteroatoms. The molecule has 1 N–H and O–H groups in total. The molecular weight excluding hydrogens is 324 g/mol. The van der Waals surface area contributed by atoms with E-state index in [0.29, 0.717) is 18.0 Å². The van der Waals surface area contributed by atoms with Crippen molar-refractivity contribution < 1.29 is 4.79 Å². The van der Waals surface area contributed by atoms with Crippen LogP contribution in [0.3, 0.4) is 0 Å². The van der Waals surface area contributed by atoms with E-state index < -0.39 is 0 Å². The molecule has 0 radical (unpaired) electrons. The zero-order chi connectivity index (χ0) is 18.4. The van der Waals surface area contributed by atoms with Crippen molar-refractivity contribution in [2.75, 3.05) is 6.54 Å². The second-order valence-electron chi connectivity index (χ2n) is 6.52. The van der Waals surface area contributed by atoms with Gasteiger partial charge in [0.1, 0.15) is 6.33 Å². The first kappa shape index (κ1) is 17.7. The van der Waals surface area contributed by atoms with Crippen molar-refractivity contribution in [2.45, 2.75) is 19.8 Å². The van der Waals surface area contributed by atoms with Crippen molar-refractivity contribution in [1.29, 1.82) is 0 Å². The standard InChI is InChI=1S/C21H22N4O/c1-15(2)20(16-6-5-9-22-10-16)13-25-21(26)19-8-4-3-7-18(19)17-11-23-14-24-12-17/h3-12,14-15,20H,13H2,1-2H3,(H,25,26)/t20-/m1/s1. The Hall–Kier alpha value is -3.08. The average Bonchev–Trinajstić information content (AvgIpc) is 2.69. The lowest BCUT2D eigenvalue weighted by molar-refractivity contribution is 0.0949. The van der Waals surface area contributed by atoms with Crippen LogP contribution in [0, 0.1) is 5.92 Å². The van der Waals surface area contributed by atoms with Crippen LogP contribution in [0.25, 0.3) is 11.1 Å². The fraction of sp³-hybridized carbons (Fsp3) is 0.238. The molecule has 0 saturated heterocycles. The highest BCUT2D eigenvalue weighted by Gasteiger charge is 2.19. The normalized spacial score (nSPS) is 12.0. The molecule has 132 valence electrons. The Morgan fingerprint density at radius 2 is 1.77 bits per heavy atom. The minimum absolute atomic E-state index is 0.0982. The molecule has 3 rings (SSSR count). The van der Waals surface area contributed by atoms with Gasteiger partial charge in [0.2, 0.25) is 0 Å². The third-order valence-electron chi connectivity index (χ3n) is 4.44. The molecule has 0 aliphatic rings. The van der Waals surface area contributed by atoms with E-state index in [9.17, 15) is 4.79 Å². The third kappa shape index (κ3) is 4.11. The number of hydrogen-bond donors (Lipinski definition) is 1. The smallest absolute Gasteiger partial charge is 0.251 e. The van der Waals surface area contributed by atoms with E-state index in [4.69, 9.17) is 0 Å². The van der Waals surface area contributed by atoms with Crippen molar-refractivity contribution in [1.82, 2.24) is 20.3 Å². The number of carbonyl (C=O) groups excluding carboxylic acids is 1. The van der Waals surface area contributed by atoms with Crippen molar-refractivity contribution >= 4 is 5.91 Å². The van der Waals surface area contributed by atoms with Crippen LogP contribution >= 0.6 is 0 Å². The van der Waals surface area contributed by atoms with Crippen molar-refractivity contribution in [3.05, 3.63) is 78.6 Å². The predicted molar refractivity (Wildman–Crippen MR) is 102 cm³/mol. The van der Waals surface area contributed by atoms with Crippen LogP contribution in [0.5, 0.6) is 0 Å². The van der Waals surface area contributed by atoms with E-state index in [1.165, 1.54) is 6.33 Å². The molecule has 0 saturated carbocycles. The molecule has 0 unspecified atom stereocenters. The van der Waals surface area contributed by atoms with Gasteiger partial charge in [-0.1, -0.05) is 38.1 Å². The molecule has 26 heavy (non-hydrogen) atoms. The van der Waals surface area contributed by atoms with Gasteiger partial charge in [-0.25, -0.2) is 9.97 Å². The van der Waals surface area contributed by atoms with Gasteiger partial charge >= 0.3 is 0 Å². The molecule has 0 aliphatic heterocycles. The predicted octanol–water partition coefficient (Wildman–Crippen LogP) is 3.71. The summed E-state index contributed by atoms with van der Waals surface area (Å²) in [6, 6.07) is 11.5. The Kier molecular flexibility index (Phi) is 5.69. The van der Waals surface area contributed by atoms with Crippen LogP contribution in [0.4, 0.5) is 0 Å². The number of pyridine rings is 1. The van der Waals surface area contributed by atoms with Crippen molar-refractivity contribution in [3.8, 4) is 11.1 Å². The molecule has 0 bridgehead atoms. The number of hydrogen-bond acceptors (Lipinski definition) is 4. The number of aromatic nitrogens is 3. The molecule has 1 aromatic carbocycles. The average molecular weight is 346 g/mol. The van der Waals surface area contributed by atoms with E-state index in [-0.39, 0.29) is 11.8 Å². The number of rotatable bonds is 6. The van der Waals surface area contributed by atoms with Gasteiger partial charge in [0, 0.05) is 48.4 Å². The monoisotopic (exact) mass is 346 g/mol. The van der Waals surface area contributed by atoms with Crippen LogP contribution in [-0.4, -0.2) is 27.4 Å². The van der Waals surface area contributed by atoms with Gasteiger partial charge in [-0.3, -0.25) is 9.78 Å². The number of amides is 1. The van der Waals surface area contributed by atoms with E-state index in [0.717, 1.165) is 16.7 Å². The molecule has 3 aromatic rings. The minimum atomic E-state index is -0.0982. The van der Waals surface area contributed by atoms with E-state index in [1.807, 2.05) is 36.5 Å². The Morgan fingerprint density at radius 1 is 1.00 bits per heavy atom. The molecular formula is C21H22N4O. The number of benzene rings is 1. The molecule has 1 amide bonds. The Labute approximate surface area is 153 Å². The summed E-state index contributed by atoms with van der Waals surface area (Å²) in [5.74, 6) is 0.496. The molecule has 2 heterocycles. The van der Waals surface area contributed by atoms with Crippen LogP contribution in [0.15, 0.2) is 67.5 Å². The molecule has 2 aromatic heterocycles. The maximum atomic E-state index is 12.8. The van der Waals surface area contributed by atoms with Gasteiger partial charge in [-0.2, -0.15) is 0 Å². The maximum absolute atomic E-state index is 12.8. The van der Waals surface area contributed by atoms with Crippen molar-refractivity contribution in [3.63, 3.8) is 0 Å². The molecule has 0 spiro atoms. The summed E-state index contributed by atoms with van der Waals surface area (Å²) in [5, 5.41) is 3.08. The first-order chi connectivity index (χ1) is 12.7. The fourth-order valence-electron chi connectivity index (χ4n) is 3.00. The lowest BCUT2D eigenvalue weighted by Crippen LogP contribution is -2.30. The summed E-state index contributed by atoms with van der Waals surface area (Å²) in [4.78, 5) is 25.1. The maximum Gasteiger partial charge on any atom is 0.251 e. The summed E-state index contributed by atoms with van der Waals surface area (Å²) in [7, 11) is 0. The zero-order valence-electron chi connectivity index (χ0n) is 15.0. The van der Waals surface area contributed by atoms with Gasteiger partial charge in [-0.15, -0.1) is 0 Å². The van der Waals surface area contributed by atoms with Gasteiger partial charge in [0.25, 0.3) is 5.91 Å². The van der Waals surface area contributed by atoms with E-state index >= 15 is 0 Å². The van der Waals surface area contributed by atoms with E-state index in [1.54, 1.807) is 18.6 Å². The Balaban J connectivity index is 1.78. The summed E-state index contributed by atoms with van der Waals surface area (Å²) in [6.45, 7) is 4.86.